The number of aryl methyl sites for hydroxylation is 1. The van der Waals surface area contributed by atoms with E-state index in [4.69, 9.17) is 9.47 Å². The van der Waals surface area contributed by atoms with Gasteiger partial charge in [-0.15, -0.1) is 0 Å². The molecule has 1 heterocycles. The van der Waals surface area contributed by atoms with Crippen molar-refractivity contribution in [1.82, 2.24) is 0 Å². The van der Waals surface area contributed by atoms with Gasteiger partial charge in [-0.2, -0.15) is 0 Å². The lowest BCUT2D eigenvalue weighted by molar-refractivity contribution is -0.152. The third-order valence-corrected chi connectivity index (χ3v) is 2.52. The first kappa shape index (κ1) is 10.9. The van der Waals surface area contributed by atoms with Crippen molar-refractivity contribution in [3.63, 3.8) is 0 Å². The summed E-state index contributed by atoms with van der Waals surface area (Å²) in [5.41, 5.74) is 0.806. The molecule has 1 aromatic carbocycles. The summed E-state index contributed by atoms with van der Waals surface area (Å²) in [4.78, 5) is 11.5. The van der Waals surface area contributed by atoms with E-state index in [0.29, 0.717) is 25.2 Å². The highest BCUT2D eigenvalue weighted by atomic mass is 19.1. The van der Waals surface area contributed by atoms with E-state index >= 15 is 0 Å². The Labute approximate surface area is 93.2 Å². The van der Waals surface area contributed by atoms with E-state index in [9.17, 15) is 9.18 Å². The molecule has 0 saturated heterocycles. The lowest BCUT2D eigenvalue weighted by Gasteiger charge is -2.24. The maximum Gasteiger partial charge on any atom is 0.347 e. The van der Waals surface area contributed by atoms with E-state index in [-0.39, 0.29) is 11.8 Å². The lowest BCUT2D eigenvalue weighted by atomic mass is 10.0. The van der Waals surface area contributed by atoms with Crippen LogP contribution in [0, 0.1) is 5.82 Å². The first-order valence-corrected chi connectivity index (χ1v) is 5.32. The minimum Gasteiger partial charge on any atom is -0.478 e. The minimum absolute atomic E-state index is 0.281. The molecule has 0 spiro atoms. The Morgan fingerprint density at radius 1 is 1.62 bits per heavy atom. The highest BCUT2D eigenvalue weighted by Gasteiger charge is 2.27. The van der Waals surface area contributed by atoms with Crippen LogP contribution in [0.3, 0.4) is 0 Å². The Bertz CT molecular complexity index is 403. The molecule has 3 nitrogen and oxygen atoms in total. The van der Waals surface area contributed by atoms with Gasteiger partial charge in [-0.05, 0) is 43.5 Å². The highest BCUT2D eigenvalue weighted by molar-refractivity contribution is 5.75. The predicted molar refractivity (Wildman–Crippen MR) is 55.8 cm³/mol. The number of hydrogen-bond donors (Lipinski definition) is 0. The molecular weight excluding hydrogens is 211 g/mol. The number of benzene rings is 1. The number of carbonyl (C=O) groups excluding carboxylic acids is 1. The quantitative estimate of drug-likeness (QED) is 0.721. The first-order valence-electron chi connectivity index (χ1n) is 5.32. The topological polar surface area (TPSA) is 35.5 Å². The van der Waals surface area contributed by atoms with Gasteiger partial charge in [-0.1, -0.05) is 0 Å². The van der Waals surface area contributed by atoms with Crippen molar-refractivity contribution in [2.24, 2.45) is 0 Å². The summed E-state index contributed by atoms with van der Waals surface area (Å²) in [5.74, 6) is -0.0555. The van der Waals surface area contributed by atoms with E-state index in [1.54, 1.807) is 13.0 Å². The molecule has 0 N–H and O–H groups in total. The summed E-state index contributed by atoms with van der Waals surface area (Å²) >= 11 is 0. The fourth-order valence-electron chi connectivity index (χ4n) is 1.76. The van der Waals surface area contributed by atoms with Crippen LogP contribution < -0.4 is 4.74 Å². The molecule has 0 aliphatic carbocycles. The van der Waals surface area contributed by atoms with Gasteiger partial charge in [0.1, 0.15) is 11.6 Å². The van der Waals surface area contributed by atoms with Gasteiger partial charge in [-0.3, -0.25) is 0 Å². The summed E-state index contributed by atoms with van der Waals surface area (Å²) in [6.45, 7) is 2.10. The molecule has 4 heteroatoms. The molecule has 0 radical (unpaired) electrons. The number of halogens is 1. The van der Waals surface area contributed by atoms with Crippen LogP contribution in [0.2, 0.25) is 0 Å². The van der Waals surface area contributed by atoms with Crippen LogP contribution in [-0.2, 0) is 16.0 Å². The first-order chi connectivity index (χ1) is 7.70. The molecule has 1 aliphatic rings. The van der Waals surface area contributed by atoms with Crippen LogP contribution in [0.15, 0.2) is 18.2 Å². The van der Waals surface area contributed by atoms with Crippen LogP contribution in [-0.4, -0.2) is 18.7 Å². The number of hydrogen-bond acceptors (Lipinski definition) is 3. The molecular formula is C12H13FO3. The second kappa shape index (κ2) is 4.51. The van der Waals surface area contributed by atoms with Crippen LogP contribution in [0.5, 0.6) is 5.75 Å². The standard InChI is InChI=1S/C12H13FO3/c1-2-15-12(14)11-5-3-8-7-9(13)4-6-10(8)16-11/h4,6-7,11H,2-3,5H2,1H3/t11-/m1/s1. The van der Waals surface area contributed by atoms with Crippen LogP contribution in [0.1, 0.15) is 18.9 Å². The molecule has 0 fully saturated rings. The van der Waals surface area contributed by atoms with Crippen molar-refractivity contribution in [1.29, 1.82) is 0 Å². The zero-order valence-electron chi connectivity index (χ0n) is 9.03. The molecule has 1 atom stereocenters. The van der Waals surface area contributed by atoms with Crippen molar-refractivity contribution >= 4 is 5.97 Å². The maximum absolute atomic E-state index is 12.9. The van der Waals surface area contributed by atoms with E-state index in [1.807, 2.05) is 0 Å². The lowest BCUT2D eigenvalue weighted by Crippen LogP contribution is -2.32. The van der Waals surface area contributed by atoms with Gasteiger partial charge < -0.3 is 9.47 Å². The monoisotopic (exact) mass is 224 g/mol. The highest BCUT2D eigenvalue weighted by Crippen LogP contribution is 2.28. The molecule has 0 aromatic heterocycles. The Morgan fingerprint density at radius 2 is 2.44 bits per heavy atom. The molecule has 86 valence electrons. The Hall–Kier alpha value is -1.58. The number of ether oxygens (including phenoxy) is 2. The normalized spacial score (nSPS) is 18.5. The van der Waals surface area contributed by atoms with Gasteiger partial charge in [0.2, 0.25) is 0 Å². The summed E-state index contributed by atoms with van der Waals surface area (Å²) < 4.78 is 23.3. The fraction of sp³-hybridized carbons (Fsp3) is 0.417. The smallest absolute Gasteiger partial charge is 0.347 e. The second-order valence-corrected chi connectivity index (χ2v) is 3.65. The third-order valence-electron chi connectivity index (χ3n) is 2.52. The summed E-state index contributed by atoms with van der Waals surface area (Å²) in [6, 6.07) is 4.32. The zero-order chi connectivity index (χ0) is 11.5. The molecule has 0 amide bonds. The van der Waals surface area contributed by atoms with E-state index in [0.717, 1.165) is 5.56 Å². The maximum atomic E-state index is 12.9. The Kier molecular flexibility index (Phi) is 3.08. The van der Waals surface area contributed by atoms with Gasteiger partial charge in [-0.25, -0.2) is 9.18 Å². The predicted octanol–water partition coefficient (Wildman–Crippen LogP) is 2.08. The molecule has 1 aliphatic heterocycles. The van der Waals surface area contributed by atoms with Crippen molar-refractivity contribution in [2.45, 2.75) is 25.9 Å². The summed E-state index contributed by atoms with van der Waals surface area (Å²) in [6.07, 6.45) is 0.615. The minimum atomic E-state index is -0.557. The largest absolute Gasteiger partial charge is 0.478 e. The molecule has 2 rings (SSSR count). The van der Waals surface area contributed by atoms with E-state index in [1.165, 1.54) is 12.1 Å². The number of carbonyl (C=O) groups is 1. The molecule has 0 unspecified atom stereocenters. The van der Waals surface area contributed by atoms with Crippen LogP contribution in [0.25, 0.3) is 0 Å². The van der Waals surface area contributed by atoms with Gasteiger partial charge >= 0.3 is 5.97 Å². The molecule has 16 heavy (non-hydrogen) atoms. The second-order valence-electron chi connectivity index (χ2n) is 3.65. The Balaban J connectivity index is 2.12. The van der Waals surface area contributed by atoms with Crippen LogP contribution >= 0.6 is 0 Å². The molecule has 0 bridgehead atoms. The average Bonchev–Trinajstić information content (AvgIpc) is 2.28. The summed E-state index contributed by atoms with van der Waals surface area (Å²) in [7, 11) is 0. The van der Waals surface area contributed by atoms with Gasteiger partial charge in [0.15, 0.2) is 6.10 Å². The number of fused-ring (bicyclic) bond motifs is 1. The van der Waals surface area contributed by atoms with Gasteiger partial charge in [0.25, 0.3) is 0 Å². The molecule has 0 saturated carbocycles. The Morgan fingerprint density at radius 3 is 3.19 bits per heavy atom. The van der Waals surface area contributed by atoms with Crippen LogP contribution in [0.4, 0.5) is 4.39 Å². The van der Waals surface area contributed by atoms with Gasteiger partial charge in [0.05, 0.1) is 6.61 Å². The SMILES string of the molecule is CCOC(=O)[C@H]1CCc2cc(F)ccc2O1. The fourth-order valence-corrected chi connectivity index (χ4v) is 1.76. The molecule has 1 aromatic rings. The third kappa shape index (κ3) is 2.15. The number of rotatable bonds is 2. The van der Waals surface area contributed by atoms with Crippen molar-refractivity contribution in [3.8, 4) is 5.75 Å². The van der Waals surface area contributed by atoms with E-state index < -0.39 is 6.10 Å². The van der Waals surface area contributed by atoms with Crippen molar-refractivity contribution in [3.05, 3.63) is 29.6 Å². The number of esters is 1. The van der Waals surface area contributed by atoms with Gasteiger partial charge in [0, 0.05) is 0 Å². The van der Waals surface area contributed by atoms with E-state index in [2.05, 4.69) is 0 Å². The van der Waals surface area contributed by atoms with Crippen molar-refractivity contribution < 1.29 is 18.7 Å². The average molecular weight is 224 g/mol. The zero-order valence-corrected chi connectivity index (χ0v) is 9.03. The summed E-state index contributed by atoms with van der Waals surface area (Å²) in [5, 5.41) is 0. The van der Waals surface area contributed by atoms with Crippen molar-refractivity contribution in [2.75, 3.05) is 6.61 Å².